The maximum atomic E-state index is 4.70. The van der Waals surface area contributed by atoms with E-state index in [2.05, 4.69) is 88.7 Å². The summed E-state index contributed by atoms with van der Waals surface area (Å²) in [5.74, 6) is 0. The summed E-state index contributed by atoms with van der Waals surface area (Å²) in [6.07, 6.45) is 2.04. The van der Waals surface area contributed by atoms with Crippen LogP contribution < -0.4 is 5.43 Å². The summed E-state index contributed by atoms with van der Waals surface area (Å²) >= 11 is 1.58. The molecule has 4 heteroatoms. The van der Waals surface area contributed by atoms with Crippen LogP contribution in [0.1, 0.15) is 17.5 Å². The first kappa shape index (κ1) is 16.9. The monoisotopic (exact) mass is 381 g/mol. The third-order valence-corrected chi connectivity index (χ3v) is 5.78. The van der Waals surface area contributed by atoms with Gasteiger partial charge in [0.1, 0.15) is 0 Å². The standard InChI is InChI=1S/C24H19N3S/c1-2-6-17(7-3-1)18-10-12-20(13-11-18)23-16-28-24(25-23)27-26-22-15-14-19-8-4-5-9-21(19)22/h1-13,16H,14-15H2,(H,25,27)/b26-22+. The number of fused-ring (bicyclic) bond motifs is 1. The first-order valence-electron chi connectivity index (χ1n) is 9.39. The molecule has 0 fully saturated rings. The van der Waals surface area contributed by atoms with Gasteiger partial charge in [-0.2, -0.15) is 5.10 Å². The zero-order chi connectivity index (χ0) is 18.8. The van der Waals surface area contributed by atoms with Gasteiger partial charge in [0, 0.05) is 16.5 Å². The normalized spacial score (nSPS) is 14.2. The van der Waals surface area contributed by atoms with Crippen LogP contribution in [0.15, 0.2) is 89.3 Å². The van der Waals surface area contributed by atoms with Crippen LogP contribution in [-0.4, -0.2) is 10.7 Å². The molecule has 0 atom stereocenters. The lowest BCUT2D eigenvalue weighted by atomic mass is 10.0. The Morgan fingerprint density at radius 3 is 2.32 bits per heavy atom. The van der Waals surface area contributed by atoms with Crippen LogP contribution in [0.4, 0.5) is 5.13 Å². The largest absolute Gasteiger partial charge is 0.252 e. The minimum atomic E-state index is 0.819. The van der Waals surface area contributed by atoms with E-state index in [4.69, 9.17) is 4.98 Å². The number of anilines is 1. The van der Waals surface area contributed by atoms with Crippen molar-refractivity contribution in [3.63, 3.8) is 0 Å². The molecule has 0 bridgehead atoms. The van der Waals surface area contributed by atoms with Crippen molar-refractivity contribution in [3.8, 4) is 22.4 Å². The minimum Gasteiger partial charge on any atom is -0.252 e. The molecule has 28 heavy (non-hydrogen) atoms. The smallest absolute Gasteiger partial charge is 0.203 e. The highest BCUT2D eigenvalue weighted by Gasteiger charge is 2.16. The molecule has 0 radical (unpaired) electrons. The quantitative estimate of drug-likeness (QED) is 0.425. The Hall–Kier alpha value is -3.24. The summed E-state index contributed by atoms with van der Waals surface area (Å²) in [5.41, 5.74) is 11.4. The van der Waals surface area contributed by atoms with Crippen molar-refractivity contribution in [1.82, 2.24) is 4.98 Å². The lowest BCUT2D eigenvalue weighted by Crippen LogP contribution is -1.99. The van der Waals surface area contributed by atoms with Crippen molar-refractivity contribution >= 4 is 22.2 Å². The molecule has 136 valence electrons. The van der Waals surface area contributed by atoms with Crippen LogP contribution in [0.5, 0.6) is 0 Å². The summed E-state index contributed by atoms with van der Waals surface area (Å²) in [6, 6.07) is 27.4. The van der Waals surface area contributed by atoms with Crippen molar-refractivity contribution in [1.29, 1.82) is 0 Å². The van der Waals surface area contributed by atoms with Gasteiger partial charge in [0.15, 0.2) is 0 Å². The van der Waals surface area contributed by atoms with Crippen LogP contribution in [0.25, 0.3) is 22.4 Å². The summed E-state index contributed by atoms with van der Waals surface area (Å²) in [5, 5.41) is 7.50. The first-order chi connectivity index (χ1) is 13.9. The highest BCUT2D eigenvalue weighted by atomic mass is 32.1. The number of benzene rings is 3. The summed E-state index contributed by atoms with van der Waals surface area (Å²) in [4.78, 5) is 4.70. The first-order valence-corrected chi connectivity index (χ1v) is 10.3. The molecular formula is C24H19N3S. The fraction of sp³-hybridized carbons (Fsp3) is 0.0833. The van der Waals surface area contributed by atoms with Gasteiger partial charge in [0.2, 0.25) is 5.13 Å². The van der Waals surface area contributed by atoms with Crippen molar-refractivity contribution in [2.75, 3.05) is 5.43 Å². The Balaban J connectivity index is 1.32. The average molecular weight is 382 g/mol. The number of aryl methyl sites for hydroxylation is 1. The van der Waals surface area contributed by atoms with E-state index in [9.17, 15) is 0 Å². The molecule has 3 aromatic carbocycles. The van der Waals surface area contributed by atoms with E-state index in [1.807, 2.05) is 6.07 Å². The fourth-order valence-corrected chi connectivity index (χ4v) is 4.22. The Morgan fingerprint density at radius 2 is 1.46 bits per heavy atom. The Bertz CT molecular complexity index is 1130. The maximum absolute atomic E-state index is 4.70. The highest BCUT2D eigenvalue weighted by Crippen LogP contribution is 2.28. The lowest BCUT2D eigenvalue weighted by Gasteiger charge is -2.03. The predicted molar refractivity (Wildman–Crippen MR) is 118 cm³/mol. The third kappa shape index (κ3) is 3.35. The van der Waals surface area contributed by atoms with Gasteiger partial charge >= 0.3 is 0 Å². The van der Waals surface area contributed by atoms with E-state index < -0.39 is 0 Å². The number of nitrogens with zero attached hydrogens (tertiary/aromatic N) is 2. The maximum Gasteiger partial charge on any atom is 0.203 e. The van der Waals surface area contributed by atoms with E-state index >= 15 is 0 Å². The molecule has 1 N–H and O–H groups in total. The molecule has 0 unspecified atom stereocenters. The molecular weight excluding hydrogens is 362 g/mol. The number of aromatic nitrogens is 1. The summed E-state index contributed by atoms with van der Waals surface area (Å²) in [7, 11) is 0. The molecule has 0 amide bonds. The second-order valence-corrected chi connectivity index (χ2v) is 7.67. The molecule has 5 rings (SSSR count). The molecule has 1 aliphatic rings. The van der Waals surface area contributed by atoms with Gasteiger partial charge in [-0.05, 0) is 29.5 Å². The second kappa shape index (κ2) is 7.41. The van der Waals surface area contributed by atoms with E-state index in [1.54, 1.807) is 11.3 Å². The number of rotatable bonds is 4. The average Bonchev–Trinajstić information content (AvgIpc) is 3.40. The molecule has 0 spiro atoms. The predicted octanol–water partition coefficient (Wildman–Crippen LogP) is 6.24. The van der Waals surface area contributed by atoms with E-state index in [0.717, 1.165) is 34.9 Å². The molecule has 4 aromatic rings. The SMILES string of the molecule is c1ccc(-c2ccc(-c3csc(N/N=C4\CCc5ccccc54)n3)cc2)cc1. The van der Waals surface area contributed by atoms with Gasteiger partial charge in [0.05, 0.1) is 11.4 Å². The third-order valence-electron chi connectivity index (χ3n) is 5.04. The van der Waals surface area contributed by atoms with Crippen LogP contribution >= 0.6 is 11.3 Å². The molecule has 3 nitrogen and oxygen atoms in total. The lowest BCUT2D eigenvalue weighted by molar-refractivity contribution is 1.09. The second-order valence-electron chi connectivity index (χ2n) is 6.81. The molecule has 0 aliphatic heterocycles. The Morgan fingerprint density at radius 1 is 0.750 bits per heavy atom. The van der Waals surface area contributed by atoms with Gasteiger partial charge in [-0.3, -0.25) is 5.43 Å². The Labute approximate surface area is 168 Å². The van der Waals surface area contributed by atoms with E-state index in [-0.39, 0.29) is 0 Å². The fourth-order valence-electron chi connectivity index (χ4n) is 3.56. The number of nitrogens with one attached hydrogen (secondary N) is 1. The topological polar surface area (TPSA) is 37.3 Å². The van der Waals surface area contributed by atoms with Crippen LogP contribution in [0, 0.1) is 0 Å². The number of thiazole rings is 1. The van der Waals surface area contributed by atoms with Gasteiger partial charge in [-0.15, -0.1) is 11.3 Å². The number of hydrazone groups is 1. The van der Waals surface area contributed by atoms with Crippen molar-refractivity contribution < 1.29 is 0 Å². The van der Waals surface area contributed by atoms with Crippen molar-refractivity contribution in [2.24, 2.45) is 5.10 Å². The van der Waals surface area contributed by atoms with Gasteiger partial charge in [-0.25, -0.2) is 4.98 Å². The zero-order valence-electron chi connectivity index (χ0n) is 15.3. The molecule has 1 aromatic heterocycles. The number of hydrogen-bond acceptors (Lipinski definition) is 4. The van der Waals surface area contributed by atoms with Gasteiger partial charge in [-0.1, -0.05) is 78.9 Å². The highest BCUT2D eigenvalue weighted by molar-refractivity contribution is 7.14. The van der Waals surface area contributed by atoms with Crippen LogP contribution in [0.3, 0.4) is 0 Å². The van der Waals surface area contributed by atoms with E-state index in [1.165, 1.54) is 22.3 Å². The number of hydrogen-bond donors (Lipinski definition) is 1. The summed E-state index contributed by atoms with van der Waals surface area (Å²) < 4.78 is 0. The van der Waals surface area contributed by atoms with Gasteiger partial charge in [0.25, 0.3) is 0 Å². The van der Waals surface area contributed by atoms with E-state index in [0.29, 0.717) is 0 Å². The van der Waals surface area contributed by atoms with Crippen molar-refractivity contribution in [3.05, 3.63) is 95.4 Å². The van der Waals surface area contributed by atoms with Crippen LogP contribution in [-0.2, 0) is 6.42 Å². The molecule has 0 saturated heterocycles. The van der Waals surface area contributed by atoms with Gasteiger partial charge < -0.3 is 0 Å². The van der Waals surface area contributed by atoms with Crippen LogP contribution in [0.2, 0.25) is 0 Å². The molecule has 1 heterocycles. The van der Waals surface area contributed by atoms with Crippen molar-refractivity contribution in [2.45, 2.75) is 12.8 Å². The summed E-state index contributed by atoms with van der Waals surface area (Å²) in [6.45, 7) is 0. The minimum absolute atomic E-state index is 0.819. The molecule has 0 saturated carbocycles. The molecule has 1 aliphatic carbocycles. The Kier molecular flexibility index (Phi) is 4.47. The zero-order valence-corrected chi connectivity index (χ0v) is 16.1.